The van der Waals surface area contributed by atoms with Crippen LogP contribution in [-0.2, 0) is 0 Å². The second-order valence-corrected chi connectivity index (χ2v) is 5.67. The molecule has 2 heterocycles. The van der Waals surface area contributed by atoms with Gasteiger partial charge in [-0.25, -0.2) is 4.52 Å². The number of nitrogens with one attached hydrogen (secondary N) is 1. The van der Waals surface area contributed by atoms with E-state index in [0.29, 0.717) is 5.92 Å². The molecule has 0 aliphatic carbocycles. The van der Waals surface area contributed by atoms with Gasteiger partial charge in [-0.15, -0.1) is 0 Å². The van der Waals surface area contributed by atoms with Gasteiger partial charge in [0.15, 0.2) is 0 Å². The van der Waals surface area contributed by atoms with Crippen molar-refractivity contribution < 1.29 is 0 Å². The topological polar surface area (TPSA) is 29.3 Å². The fourth-order valence-corrected chi connectivity index (χ4v) is 2.75. The van der Waals surface area contributed by atoms with E-state index in [4.69, 9.17) is 0 Å². The summed E-state index contributed by atoms with van der Waals surface area (Å²) in [5, 5.41) is 7.84. The van der Waals surface area contributed by atoms with Gasteiger partial charge in [0.05, 0.1) is 17.8 Å². The molecule has 0 aliphatic rings. The van der Waals surface area contributed by atoms with Crippen molar-refractivity contribution in [3.8, 4) is 0 Å². The predicted octanol–water partition coefficient (Wildman–Crippen LogP) is 3.77. The summed E-state index contributed by atoms with van der Waals surface area (Å²) in [6, 6.07) is 15.2. The molecule has 3 nitrogen and oxygen atoms in total. The van der Waals surface area contributed by atoms with Gasteiger partial charge in [-0.1, -0.05) is 44.2 Å². The average molecular weight is 279 g/mol. The molecular weight excluding hydrogens is 258 g/mol. The maximum Gasteiger partial charge on any atom is 0.0712 e. The van der Waals surface area contributed by atoms with Crippen molar-refractivity contribution in [3.63, 3.8) is 0 Å². The monoisotopic (exact) mass is 279 g/mol. The normalized spacial score (nSPS) is 13.0. The van der Waals surface area contributed by atoms with Crippen molar-refractivity contribution in [1.29, 1.82) is 0 Å². The number of aromatic nitrogens is 2. The van der Waals surface area contributed by atoms with E-state index >= 15 is 0 Å². The highest BCUT2D eigenvalue weighted by Crippen LogP contribution is 2.26. The first kappa shape index (κ1) is 13.8. The Balaban J connectivity index is 2.01. The third-order valence-corrected chi connectivity index (χ3v) is 3.99. The van der Waals surface area contributed by atoms with Crippen LogP contribution in [0.25, 0.3) is 5.52 Å². The number of hydrogen-bond donors (Lipinski definition) is 1. The molecule has 0 radical (unpaired) electrons. The molecule has 0 aliphatic heterocycles. The molecular formula is C18H21N3. The Morgan fingerprint density at radius 3 is 2.38 bits per heavy atom. The molecule has 3 aromatic rings. The van der Waals surface area contributed by atoms with Gasteiger partial charge in [0.25, 0.3) is 0 Å². The molecule has 3 rings (SSSR count). The minimum absolute atomic E-state index is 0.158. The van der Waals surface area contributed by atoms with Crippen molar-refractivity contribution in [2.24, 2.45) is 0 Å². The molecule has 0 fully saturated rings. The highest BCUT2D eigenvalue weighted by molar-refractivity contribution is 5.57. The Bertz CT molecular complexity index is 726. The summed E-state index contributed by atoms with van der Waals surface area (Å²) in [4.78, 5) is 0. The first-order valence-corrected chi connectivity index (χ1v) is 7.40. The zero-order valence-electron chi connectivity index (χ0n) is 12.7. The van der Waals surface area contributed by atoms with E-state index in [1.54, 1.807) is 0 Å². The first-order valence-electron chi connectivity index (χ1n) is 7.40. The summed E-state index contributed by atoms with van der Waals surface area (Å²) in [7, 11) is 1.99. The van der Waals surface area contributed by atoms with Crippen molar-refractivity contribution in [3.05, 3.63) is 71.5 Å². The number of fused-ring (bicyclic) bond motifs is 1. The Hall–Kier alpha value is -2.13. The van der Waals surface area contributed by atoms with E-state index in [2.05, 4.69) is 60.7 Å². The van der Waals surface area contributed by atoms with Gasteiger partial charge < -0.3 is 5.32 Å². The standard InChI is InChI=1S/C18H21N3/c1-13(2)14-7-9-15(10-8-14)18(19-3)16-12-20-21-11-5-4-6-17(16)21/h4-13,18-19H,1-3H3. The number of rotatable bonds is 4. The molecule has 1 aromatic carbocycles. The molecule has 108 valence electrons. The van der Waals surface area contributed by atoms with Crippen LogP contribution < -0.4 is 5.32 Å². The summed E-state index contributed by atoms with van der Waals surface area (Å²) in [6.07, 6.45) is 3.93. The first-order chi connectivity index (χ1) is 10.2. The van der Waals surface area contributed by atoms with Crippen LogP contribution in [0.3, 0.4) is 0 Å². The fraction of sp³-hybridized carbons (Fsp3) is 0.278. The number of nitrogens with zero attached hydrogens (tertiary/aromatic N) is 2. The van der Waals surface area contributed by atoms with Gasteiger partial charge in [0, 0.05) is 11.8 Å². The third-order valence-electron chi connectivity index (χ3n) is 3.99. The van der Waals surface area contributed by atoms with Crippen molar-refractivity contribution in [1.82, 2.24) is 14.9 Å². The summed E-state index contributed by atoms with van der Waals surface area (Å²) in [6.45, 7) is 4.44. The number of pyridine rings is 1. The van der Waals surface area contributed by atoms with Crippen molar-refractivity contribution in [2.45, 2.75) is 25.8 Å². The van der Waals surface area contributed by atoms with Gasteiger partial charge >= 0.3 is 0 Å². The van der Waals surface area contributed by atoms with Gasteiger partial charge in [-0.3, -0.25) is 0 Å². The minimum atomic E-state index is 0.158. The van der Waals surface area contributed by atoms with Gasteiger partial charge in [0.2, 0.25) is 0 Å². The third kappa shape index (κ3) is 2.57. The van der Waals surface area contributed by atoms with E-state index in [0.717, 1.165) is 5.52 Å². The van der Waals surface area contributed by atoms with Gasteiger partial charge in [0.1, 0.15) is 0 Å². The van der Waals surface area contributed by atoms with Crippen LogP contribution in [0, 0.1) is 0 Å². The van der Waals surface area contributed by atoms with Crippen LogP contribution in [0.4, 0.5) is 0 Å². The lowest BCUT2D eigenvalue weighted by molar-refractivity contribution is 0.695. The summed E-state index contributed by atoms with van der Waals surface area (Å²) in [5.41, 5.74) is 4.98. The minimum Gasteiger partial charge on any atom is -0.309 e. The zero-order chi connectivity index (χ0) is 14.8. The van der Waals surface area contributed by atoms with Gasteiger partial charge in [-0.05, 0) is 36.2 Å². The van der Waals surface area contributed by atoms with E-state index in [-0.39, 0.29) is 6.04 Å². The molecule has 0 saturated carbocycles. The molecule has 1 atom stereocenters. The molecule has 2 aromatic heterocycles. The molecule has 0 spiro atoms. The molecule has 0 bridgehead atoms. The zero-order valence-corrected chi connectivity index (χ0v) is 12.7. The molecule has 0 amide bonds. The Kier molecular flexibility index (Phi) is 3.76. The summed E-state index contributed by atoms with van der Waals surface area (Å²) >= 11 is 0. The Morgan fingerprint density at radius 1 is 1.00 bits per heavy atom. The summed E-state index contributed by atoms with van der Waals surface area (Å²) < 4.78 is 1.92. The Labute approximate surface area is 125 Å². The molecule has 3 heteroatoms. The van der Waals surface area contributed by atoms with Gasteiger partial charge in [-0.2, -0.15) is 5.10 Å². The van der Waals surface area contributed by atoms with Crippen LogP contribution in [0.2, 0.25) is 0 Å². The van der Waals surface area contributed by atoms with E-state index in [1.165, 1.54) is 16.7 Å². The molecule has 1 unspecified atom stereocenters. The van der Waals surface area contributed by atoms with Crippen LogP contribution in [-0.4, -0.2) is 16.7 Å². The highest BCUT2D eigenvalue weighted by atomic mass is 15.2. The lowest BCUT2D eigenvalue weighted by Gasteiger charge is -2.17. The highest BCUT2D eigenvalue weighted by Gasteiger charge is 2.16. The van der Waals surface area contributed by atoms with E-state index in [1.807, 2.05) is 30.0 Å². The second-order valence-electron chi connectivity index (χ2n) is 5.67. The number of hydrogen-bond acceptors (Lipinski definition) is 2. The largest absolute Gasteiger partial charge is 0.309 e. The smallest absolute Gasteiger partial charge is 0.0712 e. The van der Waals surface area contributed by atoms with Crippen LogP contribution in [0.5, 0.6) is 0 Å². The molecule has 0 saturated heterocycles. The quantitative estimate of drug-likeness (QED) is 0.788. The fourth-order valence-electron chi connectivity index (χ4n) is 2.75. The van der Waals surface area contributed by atoms with E-state index < -0.39 is 0 Å². The second kappa shape index (κ2) is 5.70. The maximum absolute atomic E-state index is 4.44. The van der Waals surface area contributed by atoms with Crippen molar-refractivity contribution in [2.75, 3.05) is 7.05 Å². The summed E-state index contributed by atoms with van der Waals surface area (Å²) in [5.74, 6) is 0.559. The lowest BCUT2D eigenvalue weighted by Crippen LogP contribution is -2.17. The molecule has 21 heavy (non-hydrogen) atoms. The predicted molar refractivity (Wildman–Crippen MR) is 86.6 cm³/mol. The van der Waals surface area contributed by atoms with Crippen LogP contribution in [0.1, 0.15) is 42.5 Å². The van der Waals surface area contributed by atoms with Crippen LogP contribution in [0.15, 0.2) is 54.9 Å². The molecule has 1 N–H and O–H groups in total. The Morgan fingerprint density at radius 2 is 1.71 bits per heavy atom. The lowest BCUT2D eigenvalue weighted by atomic mass is 9.96. The number of benzene rings is 1. The van der Waals surface area contributed by atoms with E-state index in [9.17, 15) is 0 Å². The SMILES string of the molecule is CNC(c1ccc(C(C)C)cc1)c1cnn2ccccc12. The maximum atomic E-state index is 4.44. The van der Waals surface area contributed by atoms with Crippen molar-refractivity contribution >= 4 is 5.52 Å². The average Bonchev–Trinajstić information content (AvgIpc) is 2.93. The van der Waals surface area contributed by atoms with Crippen LogP contribution >= 0.6 is 0 Å².